The standard InChI is InChI=1S/C12H16BrNO3/c1-12(2,3)17-11(15)8-5-7(13)6-9(16-4)10(8)14/h5-6H,14H2,1-4H3. The molecule has 0 aliphatic heterocycles. The van der Waals surface area contributed by atoms with Gasteiger partial charge in [-0.25, -0.2) is 4.79 Å². The highest BCUT2D eigenvalue weighted by atomic mass is 79.9. The number of methoxy groups -OCH3 is 1. The van der Waals surface area contributed by atoms with E-state index >= 15 is 0 Å². The van der Waals surface area contributed by atoms with Gasteiger partial charge in [0.2, 0.25) is 0 Å². The minimum atomic E-state index is -0.556. The minimum absolute atomic E-state index is 0.282. The largest absolute Gasteiger partial charge is 0.495 e. The zero-order valence-corrected chi connectivity index (χ0v) is 11.9. The molecular formula is C12H16BrNO3. The molecule has 1 rings (SSSR count). The van der Waals surface area contributed by atoms with Crippen LogP contribution in [0.3, 0.4) is 0 Å². The maximum atomic E-state index is 11.9. The lowest BCUT2D eigenvalue weighted by Crippen LogP contribution is -2.24. The van der Waals surface area contributed by atoms with E-state index in [1.54, 1.807) is 32.9 Å². The second-order valence-corrected chi connectivity index (χ2v) is 5.49. The van der Waals surface area contributed by atoms with Crippen LogP contribution < -0.4 is 10.5 Å². The van der Waals surface area contributed by atoms with Crippen LogP contribution >= 0.6 is 15.9 Å². The molecule has 94 valence electrons. The monoisotopic (exact) mass is 301 g/mol. The van der Waals surface area contributed by atoms with Crippen LogP contribution in [0.2, 0.25) is 0 Å². The third-order valence-corrected chi connectivity index (χ3v) is 2.40. The fourth-order valence-electron chi connectivity index (χ4n) is 1.26. The molecule has 0 heterocycles. The first kappa shape index (κ1) is 13.8. The molecule has 4 nitrogen and oxygen atoms in total. The van der Waals surface area contributed by atoms with E-state index in [-0.39, 0.29) is 5.69 Å². The van der Waals surface area contributed by atoms with Gasteiger partial charge in [-0.15, -0.1) is 0 Å². The summed E-state index contributed by atoms with van der Waals surface area (Å²) in [5.41, 5.74) is 5.86. The van der Waals surface area contributed by atoms with E-state index in [0.29, 0.717) is 15.8 Å². The van der Waals surface area contributed by atoms with Crippen molar-refractivity contribution in [2.75, 3.05) is 12.8 Å². The van der Waals surface area contributed by atoms with Gasteiger partial charge in [0.15, 0.2) is 0 Å². The van der Waals surface area contributed by atoms with Crippen molar-refractivity contribution in [2.45, 2.75) is 26.4 Å². The van der Waals surface area contributed by atoms with Crippen molar-refractivity contribution >= 4 is 27.6 Å². The highest BCUT2D eigenvalue weighted by Gasteiger charge is 2.21. The van der Waals surface area contributed by atoms with Crippen LogP contribution in [-0.2, 0) is 4.74 Å². The molecule has 1 aromatic carbocycles. The van der Waals surface area contributed by atoms with Crippen molar-refractivity contribution < 1.29 is 14.3 Å². The van der Waals surface area contributed by atoms with Crippen LogP contribution in [-0.4, -0.2) is 18.7 Å². The van der Waals surface area contributed by atoms with Crippen LogP contribution in [0.4, 0.5) is 5.69 Å². The third-order valence-electron chi connectivity index (χ3n) is 1.95. The highest BCUT2D eigenvalue weighted by molar-refractivity contribution is 9.10. The van der Waals surface area contributed by atoms with Gasteiger partial charge in [-0.1, -0.05) is 15.9 Å². The zero-order valence-electron chi connectivity index (χ0n) is 10.3. The van der Waals surface area contributed by atoms with Gasteiger partial charge in [0.05, 0.1) is 18.4 Å². The van der Waals surface area contributed by atoms with E-state index in [2.05, 4.69) is 15.9 Å². The predicted octanol–water partition coefficient (Wildman–Crippen LogP) is 3.00. The van der Waals surface area contributed by atoms with Crippen molar-refractivity contribution in [3.05, 3.63) is 22.2 Å². The fraction of sp³-hybridized carbons (Fsp3) is 0.417. The van der Waals surface area contributed by atoms with E-state index in [1.807, 2.05) is 0 Å². The van der Waals surface area contributed by atoms with Crippen molar-refractivity contribution in [1.82, 2.24) is 0 Å². The topological polar surface area (TPSA) is 61.5 Å². The maximum absolute atomic E-state index is 11.9. The fourth-order valence-corrected chi connectivity index (χ4v) is 1.70. The molecule has 0 saturated heterocycles. The summed E-state index contributed by atoms with van der Waals surface area (Å²) in [6, 6.07) is 3.31. The average molecular weight is 302 g/mol. The summed E-state index contributed by atoms with van der Waals surface area (Å²) < 4.78 is 11.1. The first-order chi connectivity index (χ1) is 7.74. The van der Waals surface area contributed by atoms with Gasteiger partial charge in [0, 0.05) is 4.47 Å². The summed E-state index contributed by atoms with van der Waals surface area (Å²) in [4.78, 5) is 11.9. The Labute approximate surface area is 109 Å². The van der Waals surface area contributed by atoms with E-state index < -0.39 is 11.6 Å². The quantitative estimate of drug-likeness (QED) is 0.674. The number of hydrogen-bond donors (Lipinski definition) is 1. The molecule has 0 radical (unpaired) electrons. The lowest BCUT2D eigenvalue weighted by molar-refractivity contribution is 0.00704. The predicted molar refractivity (Wildman–Crippen MR) is 70.3 cm³/mol. The zero-order chi connectivity index (χ0) is 13.2. The van der Waals surface area contributed by atoms with Crippen LogP contribution in [0, 0.1) is 0 Å². The molecule has 1 aromatic rings. The van der Waals surface area contributed by atoms with Gasteiger partial charge < -0.3 is 15.2 Å². The minimum Gasteiger partial charge on any atom is -0.495 e. The lowest BCUT2D eigenvalue weighted by Gasteiger charge is -2.20. The first-order valence-corrected chi connectivity index (χ1v) is 5.90. The number of nitrogens with two attached hydrogens (primary N) is 1. The molecule has 0 aliphatic carbocycles. The van der Waals surface area contributed by atoms with Gasteiger partial charge in [-0.05, 0) is 32.9 Å². The molecule has 0 saturated carbocycles. The Balaban J connectivity index is 3.14. The van der Waals surface area contributed by atoms with Crippen molar-refractivity contribution in [3.63, 3.8) is 0 Å². The molecule has 0 aliphatic rings. The molecule has 0 fully saturated rings. The van der Waals surface area contributed by atoms with Gasteiger partial charge in [-0.2, -0.15) is 0 Å². The third kappa shape index (κ3) is 3.63. The second kappa shape index (κ2) is 4.96. The number of hydrogen-bond acceptors (Lipinski definition) is 4. The summed E-state index contributed by atoms with van der Waals surface area (Å²) in [5, 5.41) is 0. The average Bonchev–Trinajstić information content (AvgIpc) is 2.18. The van der Waals surface area contributed by atoms with Gasteiger partial charge in [-0.3, -0.25) is 0 Å². The molecule has 17 heavy (non-hydrogen) atoms. The molecule has 0 amide bonds. The van der Waals surface area contributed by atoms with E-state index in [0.717, 1.165) is 0 Å². The summed E-state index contributed by atoms with van der Waals surface area (Å²) >= 11 is 3.29. The number of ether oxygens (including phenoxy) is 2. The van der Waals surface area contributed by atoms with Crippen LogP contribution in [0.1, 0.15) is 31.1 Å². The van der Waals surface area contributed by atoms with Crippen molar-refractivity contribution in [1.29, 1.82) is 0 Å². The highest BCUT2D eigenvalue weighted by Crippen LogP contribution is 2.31. The van der Waals surface area contributed by atoms with E-state index in [1.165, 1.54) is 7.11 Å². The maximum Gasteiger partial charge on any atom is 0.340 e. The van der Waals surface area contributed by atoms with Crippen molar-refractivity contribution in [3.8, 4) is 5.75 Å². The van der Waals surface area contributed by atoms with Gasteiger partial charge in [0.25, 0.3) is 0 Å². The second-order valence-electron chi connectivity index (χ2n) is 4.57. The smallest absolute Gasteiger partial charge is 0.340 e. The van der Waals surface area contributed by atoms with Gasteiger partial charge in [0.1, 0.15) is 11.4 Å². The molecule has 5 heteroatoms. The summed E-state index contributed by atoms with van der Waals surface area (Å²) in [7, 11) is 1.50. The molecule has 0 unspecified atom stereocenters. The lowest BCUT2D eigenvalue weighted by atomic mass is 10.1. The van der Waals surface area contributed by atoms with Crippen LogP contribution in [0.25, 0.3) is 0 Å². The Bertz CT molecular complexity index is 438. The Morgan fingerprint density at radius 2 is 1.94 bits per heavy atom. The number of carbonyl (C=O) groups is 1. The van der Waals surface area contributed by atoms with E-state index in [4.69, 9.17) is 15.2 Å². The van der Waals surface area contributed by atoms with Gasteiger partial charge >= 0.3 is 5.97 Å². The Morgan fingerprint density at radius 1 is 1.35 bits per heavy atom. The number of benzene rings is 1. The number of nitrogen functional groups attached to an aromatic ring is 1. The SMILES string of the molecule is COc1cc(Br)cc(C(=O)OC(C)(C)C)c1N. The van der Waals surface area contributed by atoms with Crippen LogP contribution in [0.5, 0.6) is 5.75 Å². The summed E-state index contributed by atoms with van der Waals surface area (Å²) in [6.07, 6.45) is 0. The Morgan fingerprint density at radius 3 is 2.41 bits per heavy atom. The molecule has 0 bridgehead atoms. The molecule has 0 aromatic heterocycles. The molecule has 0 atom stereocenters. The number of anilines is 1. The number of carbonyl (C=O) groups excluding carboxylic acids is 1. The molecular weight excluding hydrogens is 286 g/mol. The number of esters is 1. The summed E-state index contributed by atoms with van der Waals surface area (Å²) in [5.74, 6) is -0.0187. The number of rotatable bonds is 2. The summed E-state index contributed by atoms with van der Waals surface area (Å²) in [6.45, 7) is 5.41. The Kier molecular flexibility index (Phi) is 4.03. The number of halogens is 1. The normalized spacial score (nSPS) is 11.1. The first-order valence-electron chi connectivity index (χ1n) is 5.11. The van der Waals surface area contributed by atoms with E-state index in [9.17, 15) is 4.79 Å². The molecule has 2 N–H and O–H groups in total. The molecule has 0 spiro atoms. The van der Waals surface area contributed by atoms with Crippen molar-refractivity contribution in [2.24, 2.45) is 0 Å². The Hall–Kier alpha value is -1.23. The van der Waals surface area contributed by atoms with Crippen LogP contribution in [0.15, 0.2) is 16.6 Å².